The number of nitrogens with one attached hydrogen (secondary N) is 2. The van der Waals surface area contributed by atoms with E-state index in [1.165, 1.54) is 5.56 Å². The predicted molar refractivity (Wildman–Crippen MR) is 106 cm³/mol. The van der Waals surface area contributed by atoms with Crippen LogP contribution in [-0.2, 0) is 22.4 Å². The second-order valence-corrected chi connectivity index (χ2v) is 6.88. The Morgan fingerprint density at radius 2 is 1.78 bits per heavy atom. The second-order valence-electron chi connectivity index (χ2n) is 6.88. The van der Waals surface area contributed by atoms with E-state index in [4.69, 9.17) is 4.74 Å². The molecule has 0 bridgehead atoms. The number of hydrogen-bond donors (Lipinski definition) is 2. The van der Waals surface area contributed by atoms with Crippen LogP contribution in [0.1, 0.15) is 24.5 Å². The minimum absolute atomic E-state index is 0.0422. The van der Waals surface area contributed by atoms with Gasteiger partial charge >= 0.3 is 0 Å². The zero-order chi connectivity index (χ0) is 19.2. The summed E-state index contributed by atoms with van der Waals surface area (Å²) in [5.74, 6) is 0.245. The van der Waals surface area contributed by atoms with Gasteiger partial charge < -0.3 is 15.4 Å². The van der Waals surface area contributed by atoms with E-state index >= 15 is 0 Å². The van der Waals surface area contributed by atoms with Crippen molar-refractivity contribution in [2.24, 2.45) is 11.8 Å². The predicted octanol–water partition coefficient (Wildman–Crippen LogP) is 3.19. The topological polar surface area (TPSA) is 67.4 Å². The fourth-order valence-corrected chi connectivity index (χ4v) is 3.12. The average molecular weight is 366 g/mol. The Bertz CT molecular complexity index is 801. The van der Waals surface area contributed by atoms with Crippen LogP contribution in [0.4, 0.5) is 5.69 Å². The van der Waals surface area contributed by atoms with E-state index < -0.39 is 0 Å². The molecule has 1 saturated carbocycles. The molecule has 2 atom stereocenters. The molecule has 3 rings (SSSR count). The molecule has 5 heteroatoms. The van der Waals surface area contributed by atoms with E-state index in [1.807, 2.05) is 48.5 Å². The molecule has 5 nitrogen and oxygen atoms in total. The molecule has 2 amide bonds. The number of amides is 2. The van der Waals surface area contributed by atoms with Crippen LogP contribution < -0.4 is 15.4 Å². The highest BCUT2D eigenvalue weighted by molar-refractivity contribution is 5.99. The first-order valence-corrected chi connectivity index (χ1v) is 9.41. The van der Waals surface area contributed by atoms with Gasteiger partial charge in [-0.25, -0.2) is 0 Å². The van der Waals surface area contributed by atoms with Crippen LogP contribution in [-0.4, -0.2) is 25.5 Å². The maximum atomic E-state index is 12.3. The van der Waals surface area contributed by atoms with E-state index in [-0.39, 0.29) is 23.7 Å². The summed E-state index contributed by atoms with van der Waals surface area (Å²) in [5.41, 5.74) is 3.12. The molecule has 0 spiro atoms. The Hall–Kier alpha value is -2.82. The van der Waals surface area contributed by atoms with Gasteiger partial charge in [0, 0.05) is 12.2 Å². The maximum absolute atomic E-state index is 12.3. The number of ether oxygens (including phenoxy) is 1. The summed E-state index contributed by atoms with van der Waals surface area (Å²) in [6.07, 6.45) is 2.31. The molecule has 1 fully saturated rings. The number of carbonyl (C=O) groups is 2. The molecule has 1 aliphatic carbocycles. The quantitative estimate of drug-likeness (QED) is 0.754. The van der Waals surface area contributed by atoms with Crippen LogP contribution in [0, 0.1) is 11.8 Å². The van der Waals surface area contributed by atoms with Gasteiger partial charge in [-0.2, -0.15) is 0 Å². The Morgan fingerprint density at radius 3 is 2.48 bits per heavy atom. The number of aryl methyl sites for hydroxylation is 1. The number of benzene rings is 2. The van der Waals surface area contributed by atoms with Crippen molar-refractivity contribution < 1.29 is 14.3 Å². The zero-order valence-corrected chi connectivity index (χ0v) is 15.8. The first-order chi connectivity index (χ1) is 13.1. The first kappa shape index (κ1) is 19.0. The SMILES string of the molecule is CCc1ccc(NC(=O)C2CC2C(=O)NCCc2cccc(OC)c2)cc1. The fraction of sp³-hybridized carbons (Fsp3) is 0.364. The van der Waals surface area contributed by atoms with Crippen LogP contribution in [0.3, 0.4) is 0 Å². The lowest BCUT2D eigenvalue weighted by Crippen LogP contribution is -2.29. The molecule has 1 aliphatic rings. The summed E-state index contributed by atoms with van der Waals surface area (Å²) in [4.78, 5) is 24.6. The summed E-state index contributed by atoms with van der Waals surface area (Å²) in [6, 6.07) is 15.6. The molecule has 0 saturated heterocycles. The van der Waals surface area contributed by atoms with Crippen LogP contribution in [0.5, 0.6) is 5.75 Å². The highest BCUT2D eigenvalue weighted by atomic mass is 16.5. The van der Waals surface area contributed by atoms with Crippen molar-refractivity contribution in [2.45, 2.75) is 26.2 Å². The van der Waals surface area contributed by atoms with Crippen LogP contribution >= 0.6 is 0 Å². The minimum atomic E-state index is -0.229. The monoisotopic (exact) mass is 366 g/mol. The van der Waals surface area contributed by atoms with Crippen LogP contribution in [0.25, 0.3) is 0 Å². The van der Waals surface area contributed by atoms with Gasteiger partial charge in [0.15, 0.2) is 0 Å². The lowest BCUT2D eigenvalue weighted by atomic mass is 10.1. The number of methoxy groups -OCH3 is 1. The molecule has 27 heavy (non-hydrogen) atoms. The molecular weight excluding hydrogens is 340 g/mol. The lowest BCUT2D eigenvalue weighted by molar-refractivity contribution is -0.125. The summed E-state index contributed by atoms with van der Waals surface area (Å²) in [5, 5.41) is 5.84. The Balaban J connectivity index is 1.42. The molecule has 142 valence electrons. The summed E-state index contributed by atoms with van der Waals surface area (Å²) in [7, 11) is 1.64. The van der Waals surface area contributed by atoms with Gasteiger partial charge in [0.25, 0.3) is 0 Å². The van der Waals surface area contributed by atoms with Gasteiger partial charge in [0.2, 0.25) is 11.8 Å². The average Bonchev–Trinajstić information content (AvgIpc) is 3.50. The number of rotatable bonds is 8. The van der Waals surface area contributed by atoms with Gasteiger partial charge in [-0.1, -0.05) is 31.2 Å². The largest absolute Gasteiger partial charge is 0.497 e. The third-order valence-corrected chi connectivity index (χ3v) is 4.94. The minimum Gasteiger partial charge on any atom is -0.497 e. The molecule has 0 aromatic heterocycles. The van der Waals surface area contributed by atoms with Crippen molar-refractivity contribution in [3.8, 4) is 5.75 Å². The molecule has 2 aromatic rings. The first-order valence-electron chi connectivity index (χ1n) is 9.41. The summed E-state index contributed by atoms with van der Waals surface area (Å²) < 4.78 is 5.20. The van der Waals surface area contributed by atoms with Crippen LogP contribution in [0.15, 0.2) is 48.5 Å². The van der Waals surface area contributed by atoms with Crippen molar-refractivity contribution in [3.63, 3.8) is 0 Å². The zero-order valence-electron chi connectivity index (χ0n) is 15.8. The van der Waals surface area contributed by atoms with Gasteiger partial charge in [-0.3, -0.25) is 9.59 Å². The van der Waals surface area contributed by atoms with Gasteiger partial charge in [-0.15, -0.1) is 0 Å². The van der Waals surface area contributed by atoms with Gasteiger partial charge in [0.1, 0.15) is 5.75 Å². The third kappa shape index (κ3) is 5.09. The van der Waals surface area contributed by atoms with E-state index in [9.17, 15) is 9.59 Å². The number of carbonyl (C=O) groups excluding carboxylic acids is 2. The third-order valence-electron chi connectivity index (χ3n) is 4.94. The van der Waals surface area contributed by atoms with E-state index in [0.29, 0.717) is 13.0 Å². The molecule has 2 aromatic carbocycles. The lowest BCUT2D eigenvalue weighted by Gasteiger charge is -2.07. The number of hydrogen-bond acceptors (Lipinski definition) is 3. The molecule has 0 heterocycles. The van der Waals surface area contributed by atoms with E-state index in [1.54, 1.807) is 7.11 Å². The normalized spacial score (nSPS) is 17.9. The maximum Gasteiger partial charge on any atom is 0.228 e. The highest BCUT2D eigenvalue weighted by Gasteiger charge is 2.47. The fourth-order valence-electron chi connectivity index (χ4n) is 3.12. The van der Waals surface area contributed by atoms with Gasteiger partial charge in [0.05, 0.1) is 18.9 Å². The second kappa shape index (κ2) is 8.71. The number of anilines is 1. The molecule has 2 unspecified atom stereocenters. The Labute approximate surface area is 160 Å². The molecular formula is C22H26N2O3. The van der Waals surface area contributed by atoms with Crippen molar-refractivity contribution >= 4 is 17.5 Å². The van der Waals surface area contributed by atoms with Crippen molar-refractivity contribution in [1.82, 2.24) is 5.32 Å². The smallest absolute Gasteiger partial charge is 0.228 e. The van der Waals surface area contributed by atoms with Crippen molar-refractivity contribution in [3.05, 3.63) is 59.7 Å². The Morgan fingerprint density at radius 1 is 1.04 bits per heavy atom. The van der Waals surface area contributed by atoms with Crippen molar-refractivity contribution in [1.29, 1.82) is 0 Å². The van der Waals surface area contributed by atoms with Crippen molar-refractivity contribution in [2.75, 3.05) is 19.0 Å². The van der Waals surface area contributed by atoms with Gasteiger partial charge in [-0.05, 0) is 54.7 Å². The summed E-state index contributed by atoms with van der Waals surface area (Å²) in [6.45, 7) is 2.64. The van der Waals surface area contributed by atoms with E-state index in [2.05, 4.69) is 17.6 Å². The Kier molecular flexibility index (Phi) is 6.12. The van der Waals surface area contributed by atoms with E-state index in [0.717, 1.165) is 29.8 Å². The standard InChI is InChI=1S/C22H26N2O3/c1-3-15-7-9-17(10-8-15)24-22(26)20-14-19(20)21(25)23-12-11-16-5-4-6-18(13-16)27-2/h4-10,13,19-20H,3,11-12,14H2,1-2H3,(H,23,25)(H,24,26). The van der Waals surface area contributed by atoms with Crippen LogP contribution in [0.2, 0.25) is 0 Å². The molecule has 0 radical (unpaired) electrons. The molecule has 0 aliphatic heterocycles. The molecule has 2 N–H and O–H groups in total. The highest BCUT2D eigenvalue weighted by Crippen LogP contribution is 2.39. The summed E-state index contributed by atoms with van der Waals surface area (Å²) >= 11 is 0.